The molecule has 0 radical (unpaired) electrons. The van der Waals surface area contributed by atoms with Gasteiger partial charge in [0.15, 0.2) is 0 Å². The predicted molar refractivity (Wildman–Crippen MR) is 64.5 cm³/mol. The SMILES string of the molecule is CC(C)OC(=O)C(=O)NCc1ccccc1Cl. The molecule has 0 heterocycles. The van der Waals surface area contributed by atoms with Crippen LogP contribution in [0.5, 0.6) is 0 Å². The minimum Gasteiger partial charge on any atom is -0.456 e. The largest absolute Gasteiger partial charge is 0.456 e. The Kier molecular flexibility index (Phi) is 4.97. The van der Waals surface area contributed by atoms with Gasteiger partial charge in [-0.3, -0.25) is 4.79 Å². The summed E-state index contributed by atoms with van der Waals surface area (Å²) in [6.45, 7) is 3.56. The normalized spacial score (nSPS) is 10.1. The Bertz CT molecular complexity index is 418. The average Bonchev–Trinajstić information content (AvgIpc) is 2.26. The summed E-state index contributed by atoms with van der Waals surface area (Å²) in [6.07, 6.45) is -0.312. The van der Waals surface area contributed by atoms with Crippen molar-refractivity contribution in [2.75, 3.05) is 0 Å². The van der Waals surface area contributed by atoms with E-state index in [0.29, 0.717) is 5.02 Å². The first-order chi connectivity index (χ1) is 8.00. The summed E-state index contributed by atoms with van der Waals surface area (Å²) in [7, 11) is 0. The van der Waals surface area contributed by atoms with E-state index in [1.807, 2.05) is 0 Å². The summed E-state index contributed by atoms with van der Waals surface area (Å²) in [6, 6.07) is 7.09. The molecule has 0 aromatic heterocycles. The van der Waals surface area contributed by atoms with E-state index in [-0.39, 0.29) is 12.6 Å². The number of hydrogen-bond acceptors (Lipinski definition) is 3. The standard InChI is InChI=1S/C12H14ClNO3/c1-8(2)17-12(16)11(15)14-7-9-5-3-4-6-10(9)13/h3-6,8H,7H2,1-2H3,(H,14,15). The number of benzene rings is 1. The first kappa shape index (κ1) is 13.5. The molecule has 4 nitrogen and oxygen atoms in total. The minimum absolute atomic E-state index is 0.200. The Morgan fingerprint density at radius 3 is 2.59 bits per heavy atom. The summed E-state index contributed by atoms with van der Waals surface area (Å²) in [5, 5.41) is 2.99. The number of ether oxygens (including phenoxy) is 1. The lowest BCUT2D eigenvalue weighted by atomic mass is 10.2. The lowest BCUT2D eigenvalue weighted by Gasteiger charge is -2.08. The Morgan fingerprint density at radius 2 is 2.00 bits per heavy atom. The lowest BCUT2D eigenvalue weighted by molar-refractivity contribution is -0.157. The molecule has 0 unspecified atom stereocenters. The summed E-state index contributed by atoms with van der Waals surface area (Å²) >= 11 is 5.90. The van der Waals surface area contributed by atoms with Crippen molar-refractivity contribution in [1.82, 2.24) is 5.32 Å². The zero-order valence-electron chi connectivity index (χ0n) is 9.70. The smallest absolute Gasteiger partial charge is 0.397 e. The van der Waals surface area contributed by atoms with Gasteiger partial charge in [0.05, 0.1) is 6.10 Å². The molecular formula is C12H14ClNO3. The van der Waals surface area contributed by atoms with Gasteiger partial charge in [0.25, 0.3) is 0 Å². The molecule has 1 aromatic carbocycles. The number of esters is 1. The van der Waals surface area contributed by atoms with Crippen molar-refractivity contribution in [3.05, 3.63) is 34.9 Å². The third-order valence-electron chi connectivity index (χ3n) is 1.93. The number of hydrogen-bond donors (Lipinski definition) is 1. The molecule has 0 bridgehead atoms. The van der Waals surface area contributed by atoms with Crippen LogP contribution in [0.25, 0.3) is 0 Å². The molecule has 1 N–H and O–H groups in total. The summed E-state index contributed by atoms with van der Waals surface area (Å²) < 4.78 is 4.75. The Hall–Kier alpha value is -1.55. The molecular weight excluding hydrogens is 242 g/mol. The van der Waals surface area contributed by atoms with E-state index >= 15 is 0 Å². The molecule has 0 aliphatic carbocycles. The van der Waals surface area contributed by atoms with Crippen molar-refractivity contribution in [1.29, 1.82) is 0 Å². The van der Waals surface area contributed by atoms with Crippen molar-refractivity contribution < 1.29 is 14.3 Å². The van der Waals surface area contributed by atoms with Crippen LogP contribution in [0.4, 0.5) is 0 Å². The highest BCUT2D eigenvalue weighted by Crippen LogP contribution is 2.14. The van der Waals surface area contributed by atoms with Crippen molar-refractivity contribution >= 4 is 23.5 Å². The third-order valence-corrected chi connectivity index (χ3v) is 2.29. The Morgan fingerprint density at radius 1 is 1.35 bits per heavy atom. The van der Waals surface area contributed by atoms with Gasteiger partial charge >= 0.3 is 11.9 Å². The molecule has 0 fully saturated rings. The van der Waals surface area contributed by atoms with Gasteiger partial charge in [-0.05, 0) is 25.5 Å². The first-order valence-electron chi connectivity index (χ1n) is 5.23. The van der Waals surface area contributed by atoms with Crippen molar-refractivity contribution in [3.63, 3.8) is 0 Å². The summed E-state index contributed by atoms with van der Waals surface area (Å²) in [5.41, 5.74) is 0.750. The van der Waals surface area contributed by atoms with Gasteiger partial charge in [0, 0.05) is 11.6 Å². The zero-order valence-corrected chi connectivity index (χ0v) is 10.5. The van der Waals surface area contributed by atoms with E-state index in [1.54, 1.807) is 38.1 Å². The minimum atomic E-state index is -0.882. The van der Waals surface area contributed by atoms with E-state index in [9.17, 15) is 9.59 Å². The molecule has 1 rings (SSSR count). The second-order valence-electron chi connectivity index (χ2n) is 3.73. The Labute approximate surface area is 105 Å². The van der Waals surface area contributed by atoms with Crippen LogP contribution in [0.1, 0.15) is 19.4 Å². The van der Waals surface area contributed by atoms with Crippen LogP contribution in [-0.4, -0.2) is 18.0 Å². The van der Waals surface area contributed by atoms with Gasteiger partial charge in [0.2, 0.25) is 0 Å². The lowest BCUT2D eigenvalue weighted by Crippen LogP contribution is -2.33. The molecule has 0 spiro atoms. The number of carbonyl (C=O) groups is 2. The number of halogens is 1. The number of rotatable bonds is 3. The number of nitrogens with one attached hydrogen (secondary N) is 1. The Balaban J connectivity index is 2.49. The summed E-state index contributed by atoms with van der Waals surface area (Å²) in [4.78, 5) is 22.5. The van der Waals surface area contributed by atoms with Crippen LogP contribution >= 0.6 is 11.6 Å². The molecule has 17 heavy (non-hydrogen) atoms. The highest BCUT2D eigenvalue weighted by Gasteiger charge is 2.16. The van der Waals surface area contributed by atoms with Gasteiger partial charge in [-0.25, -0.2) is 4.79 Å². The van der Waals surface area contributed by atoms with Crippen LogP contribution < -0.4 is 5.32 Å². The molecule has 1 amide bonds. The summed E-state index contributed by atoms with van der Waals surface area (Å²) in [5.74, 6) is -1.65. The quantitative estimate of drug-likeness (QED) is 0.663. The van der Waals surface area contributed by atoms with E-state index in [2.05, 4.69) is 5.32 Å². The highest BCUT2D eigenvalue weighted by atomic mass is 35.5. The van der Waals surface area contributed by atoms with Crippen molar-refractivity contribution in [3.8, 4) is 0 Å². The maximum atomic E-state index is 11.3. The van der Waals surface area contributed by atoms with Gasteiger partial charge in [-0.1, -0.05) is 29.8 Å². The van der Waals surface area contributed by atoms with Gasteiger partial charge in [0.1, 0.15) is 0 Å². The molecule has 0 saturated carbocycles. The van der Waals surface area contributed by atoms with Crippen LogP contribution in [0.3, 0.4) is 0 Å². The maximum absolute atomic E-state index is 11.3. The number of amides is 1. The average molecular weight is 256 g/mol. The van der Waals surface area contributed by atoms with E-state index in [1.165, 1.54) is 0 Å². The van der Waals surface area contributed by atoms with E-state index in [0.717, 1.165) is 5.56 Å². The van der Waals surface area contributed by atoms with Gasteiger partial charge in [-0.15, -0.1) is 0 Å². The third kappa shape index (κ3) is 4.44. The fourth-order valence-corrected chi connectivity index (χ4v) is 1.36. The van der Waals surface area contributed by atoms with Gasteiger partial charge in [-0.2, -0.15) is 0 Å². The fourth-order valence-electron chi connectivity index (χ4n) is 1.16. The molecule has 0 atom stereocenters. The van der Waals surface area contributed by atoms with E-state index < -0.39 is 11.9 Å². The van der Waals surface area contributed by atoms with E-state index in [4.69, 9.17) is 16.3 Å². The van der Waals surface area contributed by atoms with Crippen LogP contribution in [0.2, 0.25) is 5.02 Å². The molecule has 92 valence electrons. The molecule has 0 saturated heterocycles. The second kappa shape index (κ2) is 6.25. The van der Waals surface area contributed by atoms with Crippen molar-refractivity contribution in [2.45, 2.75) is 26.5 Å². The van der Waals surface area contributed by atoms with Crippen molar-refractivity contribution in [2.24, 2.45) is 0 Å². The maximum Gasteiger partial charge on any atom is 0.397 e. The van der Waals surface area contributed by atoms with Gasteiger partial charge < -0.3 is 10.1 Å². The molecule has 1 aromatic rings. The molecule has 0 aliphatic heterocycles. The fraction of sp³-hybridized carbons (Fsp3) is 0.333. The topological polar surface area (TPSA) is 55.4 Å². The number of carbonyl (C=O) groups excluding carboxylic acids is 2. The second-order valence-corrected chi connectivity index (χ2v) is 4.14. The highest BCUT2D eigenvalue weighted by molar-refractivity contribution is 6.33. The molecule has 5 heteroatoms. The van der Waals surface area contributed by atoms with Crippen LogP contribution in [-0.2, 0) is 20.9 Å². The van der Waals surface area contributed by atoms with Crippen LogP contribution in [0, 0.1) is 0 Å². The molecule has 0 aliphatic rings. The zero-order chi connectivity index (χ0) is 12.8. The van der Waals surface area contributed by atoms with Crippen LogP contribution in [0.15, 0.2) is 24.3 Å². The predicted octanol–water partition coefficient (Wildman–Crippen LogP) is 1.91. The monoisotopic (exact) mass is 255 g/mol. The first-order valence-corrected chi connectivity index (χ1v) is 5.60.